The van der Waals surface area contributed by atoms with Crippen LogP contribution in [0, 0.1) is 5.92 Å². The Kier molecular flexibility index (Phi) is 6.53. The number of carbonyl (C=O) groups is 1. The molecule has 0 bridgehead atoms. The van der Waals surface area contributed by atoms with Gasteiger partial charge in [0.25, 0.3) is 0 Å². The molecule has 0 saturated heterocycles. The average Bonchev–Trinajstić information content (AvgIpc) is 2.41. The Morgan fingerprint density at radius 3 is 2.26 bits per heavy atom. The average molecular weight is 265 g/mol. The fourth-order valence-electron chi connectivity index (χ4n) is 2.23. The molecule has 0 spiro atoms. The Hall–Kier alpha value is -1.39. The number of carboxylic acids is 1. The third-order valence-electron chi connectivity index (χ3n) is 3.50. The van der Waals surface area contributed by atoms with Crippen LogP contribution in [0.5, 0.6) is 0 Å². The number of hydrogen-bond acceptors (Lipinski definition) is 3. The molecule has 0 saturated carbocycles. The number of benzene rings is 1. The lowest BCUT2D eigenvalue weighted by Crippen LogP contribution is -2.37. The molecule has 2 atom stereocenters. The summed E-state index contributed by atoms with van der Waals surface area (Å²) in [7, 11) is 0. The minimum atomic E-state index is -0.928. The largest absolute Gasteiger partial charge is 0.480 e. The number of aliphatic hydroxyl groups is 1. The van der Waals surface area contributed by atoms with Gasteiger partial charge in [0.1, 0.15) is 6.04 Å². The van der Waals surface area contributed by atoms with Gasteiger partial charge in [0, 0.05) is 6.54 Å². The van der Waals surface area contributed by atoms with E-state index in [1.54, 1.807) is 12.1 Å². The van der Waals surface area contributed by atoms with E-state index in [9.17, 15) is 15.0 Å². The molecule has 1 aromatic rings. The minimum absolute atomic E-state index is 0.206. The van der Waals surface area contributed by atoms with E-state index in [0.717, 1.165) is 12.8 Å². The summed E-state index contributed by atoms with van der Waals surface area (Å²) in [6, 6.07) is 8.24. The van der Waals surface area contributed by atoms with Crippen molar-refractivity contribution in [3.05, 3.63) is 35.9 Å². The van der Waals surface area contributed by atoms with Crippen LogP contribution in [0.3, 0.4) is 0 Å². The molecule has 3 N–H and O–H groups in total. The van der Waals surface area contributed by atoms with E-state index in [1.165, 1.54) is 0 Å². The van der Waals surface area contributed by atoms with Crippen molar-refractivity contribution in [1.82, 2.24) is 5.32 Å². The number of nitrogens with one attached hydrogen (secondary N) is 1. The maximum atomic E-state index is 11.3. The van der Waals surface area contributed by atoms with Crippen LogP contribution in [0.25, 0.3) is 0 Å². The van der Waals surface area contributed by atoms with E-state index in [2.05, 4.69) is 5.32 Å². The Bertz CT molecular complexity index is 376. The first kappa shape index (κ1) is 15.7. The molecule has 0 aliphatic heterocycles. The molecule has 2 unspecified atom stereocenters. The zero-order valence-electron chi connectivity index (χ0n) is 11.5. The smallest absolute Gasteiger partial charge is 0.325 e. The van der Waals surface area contributed by atoms with Crippen LogP contribution < -0.4 is 5.32 Å². The molecule has 0 aromatic heterocycles. The van der Waals surface area contributed by atoms with Crippen LogP contribution in [0.15, 0.2) is 30.3 Å². The molecule has 4 heteroatoms. The maximum Gasteiger partial charge on any atom is 0.325 e. The molecule has 106 valence electrons. The second-order valence-corrected chi connectivity index (χ2v) is 4.73. The van der Waals surface area contributed by atoms with Gasteiger partial charge in [0.15, 0.2) is 0 Å². The predicted octanol–water partition coefficient (Wildman–Crippen LogP) is 2.20. The number of hydrogen-bond donors (Lipinski definition) is 3. The van der Waals surface area contributed by atoms with Gasteiger partial charge in [-0.2, -0.15) is 0 Å². The number of rotatable bonds is 8. The minimum Gasteiger partial charge on any atom is -0.480 e. The van der Waals surface area contributed by atoms with Crippen molar-refractivity contribution in [3.8, 4) is 0 Å². The summed E-state index contributed by atoms with van der Waals surface area (Å²) >= 11 is 0. The van der Waals surface area contributed by atoms with Gasteiger partial charge in [-0.1, -0.05) is 57.0 Å². The van der Waals surface area contributed by atoms with E-state index in [0.29, 0.717) is 5.56 Å². The zero-order valence-corrected chi connectivity index (χ0v) is 11.5. The molecular weight excluding hydrogens is 242 g/mol. The number of carboxylic acid groups (broad SMARTS) is 1. The molecule has 0 amide bonds. The van der Waals surface area contributed by atoms with Crippen molar-refractivity contribution in [3.63, 3.8) is 0 Å². The molecule has 4 nitrogen and oxygen atoms in total. The second kappa shape index (κ2) is 7.92. The fourth-order valence-corrected chi connectivity index (χ4v) is 2.23. The summed E-state index contributed by atoms with van der Waals surface area (Å²) < 4.78 is 0. The summed E-state index contributed by atoms with van der Waals surface area (Å²) in [5.41, 5.74) is 0.701. The van der Waals surface area contributed by atoms with Crippen molar-refractivity contribution >= 4 is 5.97 Å². The van der Waals surface area contributed by atoms with Gasteiger partial charge in [-0.15, -0.1) is 0 Å². The Morgan fingerprint density at radius 1 is 1.21 bits per heavy atom. The van der Waals surface area contributed by atoms with Gasteiger partial charge >= 0.3 is 5.97 Å². The third-order valence-corrected chi connectivity index (χ3v) is 3.50. The van der Waals surface area contributed by atoms with E-state index in [1.807, 2.05) is 32.0 Å². The Labute approximate surface area is 114 Å². The molecule has 0 aliphatic rings. The second-order valence-electron chi connectivity index (χ2n) is 4.73. The standard InChI is InChI=1S/C15H23NO3/c1-3-11(4-2)13(17)10-16-14(15(18)19)12-8-6-5-7-9-12/h5-9,11,13-14,16-17H,3-4,10H2,1-2H3,(H,18,19). The monoisotopic (exact) mass is 265 g/mol. The van der Waals surface area contributed by atoms with Crippen LogP contribution in [0.4, 0.5) is 0 Å². The zero-order chi connectivity index (χ0) is 14.3. The predicted molar refractivity (Wildman–Crippen MR) is 74.9 cm³/mol. The van der Waals surface area contributed by atoms with Crippen LogP contribution in [-0.4, -0.2) is 28.8 Å². The lowest BCUT2D eigenvalue weighted by molar-refractivity contribution is -0.139. The Morgan fingerprint density at radius 2 is 1.79 bits per heavy atom. The first-order valence-electron chi connectivity index (χ1n) is 6.79. The number of aliphatic hydroxyl groups excluding tert-OH is 1. The highest BCUT2D eigenvalue weighted by Gasteiger charge is 2.22. The fraction of sp³-hybridized carbons (Fsp3) is 0.533. The molecular formula is C15H23NO3. The molecule has 0 fully saturated rings. The summed E-state index contributed by atoms with van der Waals surface area (Å²) in [5, 5.41) is 22.2. The van der Waals surface area contributed by atoms with Crippen molar-refractivity contribution < 1.29 is 15.0 Å². The van der Waals surface area contributed by atoms with E-state index >= 15 is 0 Å². The first-order valence-corrected chi connectivity index (χ1v) is 6.79. The number of aliphatic carboxylic acids is 1. The van der Waals surface area contributed by atoms with Gasteiger partial charge in [-0.25, -0.2) is 0 Å². The lowest BCUT2D eigenvalue weighted by atomic mass is 9.96. The van der Waals surface area contributed by atoms with E-state index < -0.39 is 18.1 Å². The van der Waals surface area contributed by atoms with E-state index in [-0.39, 0.29) is 12.5 Å². The van der Waals surface area contributed by atoms with Crippen molar-refractivity contribution in [2.24, 2.45) is 5.92 Å². The highest BCUT2D eigenvalue weighted by Crippen LogP contribution is 2.16. The van der Waals surface area contributed by atoms with Crippen molar-refractivity contribution in [2.75, 3.05) is 6.54 Å². The van der Waals surface area contributed by atoms with Crippen LogP contribution in [0.1, 0.15) is 38.3 Å². The quantitative estimate of drug-likeness (QED) is 0.674. The molecule has 0 heterocycles. The molecule has 0 aliphatic carbocycles. The third kappa shape index (κ3) is 4.65. The topological polar surface area (TPSA) is 69.6 Å². The molecule has 1 aromatic carbocycles. The van der Waals surface area contributed by atoms with Crippen LogP contribution in [-0.2, 0) is 4.79 Å². The van der Waals surface area contributed by atoms with Crippen LogP contribution >= 0.6 is 0 Å². The maximum absolute atomic E-state index is 11.3. The summed E-state index contributed by atoms with van der Waals surface area (Å²) in [6.45, 7) is 4.35. The van der Waals surface area contributed by atoms with Crippen molar-refractivity contribution in [2.45, 2.75) is 38.8 Å². The lowest BCUT2D eigenvalue weighted by Gasteiger charge is -2.23. The van der Waals surface area contributed by atoms with E-state index in [4.69, 9.17) is 0 Å². The molecule has 1 rings (SSSR count). The molecule has 0 radical (unpaired) electrons. The Balaban J connectivity index is 2.63. The highest BCUT2D eigenvalue weighted by atomic mass is 16.4. The normalized spacial score (nSPS) is 14.3. The SMILES string of the molecule is CCC(CC)C(O)CNC(C(=O)O)c1ccccc1. The molecule has 19 heavy (non-hydrogen) atoms. The van der Waals surface area contributed by atoms with Gasteiger partial charge in [0.05, 0.1) is 6.10 Å². The highest BCUT2D eigenvalue weighted by molar-refractivity contribution is 5.75. The van der Waals surface area contributed by atoms with Gasteiger partial charge < -0.3 is 10.2 Å². The van der Waals surface area contributed by atoms with Crippen LogP contribution in [0.2, 0.25) is 0 Å². The van der Waals surface area contributed by atoms with Crippen molar-refractivity contribution in [1.29, 1.82) is 0 Å². The summed E-state index contributed by atoms with van der Waals surface area (Å²) in [5.74, 6) is -0.722. The summed E-state index contributed by atoms with van der Waals surface area (Å²) in [4.78, 5) is 11.3. The summed E-state index contributed by atoms with van der Waals surface area (Å²) in [6.07, 6.45) is 1.27. The van der Waals surface area contributed by atoms with Gasteiger partial charge in [-0.05, 0) is 11.5 Å². The van der Waals surface area contributed by atoms with Gasteiger partial charge in [-0.3, -0.25) is 10.1 Å². The van der Waals surface area contributed by atoms with Gasteiger partial charge in [0.2, 0.25) is 0 Å². The first-order chi connectivity index (χ1) is 9.10.